The second kappa shape index (κ2) is 7.70. The van der Waals surface area contributed by atoms with Crippen molar-refractivity contribution in [3.8, 4) is 5.75 Å². The third-order valence-corrected chi connectivity index (χ3v) is 5.43. The Bertz CT molecular complexity index is 938. The first-order chi connectivity index (χ1) is 12.5. The first-order valence-corrected chi connectivity index (χ1v) is 9.19. The Balaban J connectivity index is 1.68. The molecule has 0 spiro atoms. The molecule has 7 heteroatoms. The Morgan fingerprint density at radius 2 is 2.12 bits per heavy atom. The van der Waals surface area contributed by atoms with E-state index in [4.69, 9.17) is 4.74 Å². The van der Waals surface area contributed by atoms with Crippen LogP contribution in [0.1, 0.15) is 22.9 Å². The second-order valence-corrected chi connectivity index (χ2v) is 7.32. The Morgan fingerprint density at radius 1 is 1.31 bits per heavy atom. The minimum atomic E-state index is -0.418. The molecule has 2 aromatic heterocycles. The molecule has 136 valence electrons. The minimum Gasteiger partial charge on any atom is -0.497 e. The minimum absolute atomic E-state index is 0.0933. The molecule has 0 fully saturated rings. The predicted octanol–water partition coefficient (Wildman–Crippen LogP) is 3.43. The number of methoxy groups -OCH3 is 1. The quantitative estimate of drug-likeness (QED) is 0.695. The van der Waals surface area contributed by atoms with Crippen LogP contribution in [0, 0.1) is 13.8 Å². The number of aryl methyl sites for hydroxylation is 2. The van der Waals surface area contributed by atoms with E-state index in [9.17, 15) is 4.79 Å². The third-order valence-electron chi connectivity index (χ3n) is 4.31. The fraction of sp³-hybridized carbons (Fsp3) is 0.316. The summed E-state index contributed by atoms with van der Waals surface area (Å²) in [6, 6.07) is 7.22. The Kier molecular flexibility index (Phi) is 5.37. The third kappa shape index (κ3) is 3.77. The largest absolute Gasteiger partial charge is 0.497 e. The SMILES string of the molecule is COc1cccc(CNC(=O)[C@H](C)Nc2ncnc3sc(C)c(C)c23)c1. The van der Waals surface area contributed by atoms with Crippen LogP contribution in [-0.2, 0) is 11.3 Å². The van der Waals surface area contributed by atoms with Gasteiger partial charge >= 0.3 is 0 Å². The summed E-state index contributed by atoms with van der Waals surface area (Å²) in [5, 5.41) is 7.15. The Morgan fingerprint density at radius 3 is 2.88 bits per heavy atom. The number of aromatic nitrogens is 2. The summed E-state index contributed by atoms with van der Waals surface area (Å²) in [6.45, 7) is 6.38. The summed E-state index contributed by atoms with van der Waals surface area (Å²) in [4.78, 5) is 23.3. The summed E-state index contributed by atoms with van der Waals surface area (Å²) in [6.07, 6.45) is 1.53. The molecule has 26 heavy (non-hydrogen) atoms. The van der Waals surface area contributed by atoms with Crippen molar-refractivity contribution >= 4 is 33.3 Å². The van der Waals surface area contributed by atoms with Crippen molar-refractivity contribution in [1.82, 2.24) is 15.3 Å². The molecule has 1 aromatic carbocycles. The number of carbonyl (C=O) groups is 1. The van der Waals surface area contributed by atoms with Gasteiger partial charge in [-0.3, -0.25) is 4.79 Å². The number of rotatable bonds is 6. The van der Waals surface area contributed by atoms with Crippen LogP contribution in [-0.4, -0.2) is 29.0 Å². The van der Waals surface area contributed by atoms with Gasteiger partial charge in [-0.2, -0.15) is 0 Å². The van der Waals surface area contributed by atoms with Crippen molar-refractivity contribution in [1.29, 1.82) is 0 Å². The van der Waals surface area contributed by atoms with Crippen molar-refractivity contribution in [3.63, 3.8) is 0 Å². The molecule has 0 aliphatic rings. The normalized spacial score (nSPS) is 12.0. The van der Waals surface area contributed by atoms with Crippen LogP contribution in [0.2, 0.25) is 0 Å². The zero-order chi connectivity index (χ0) is 18.7. The number of hydrogen-bond donors (Lipinski definition) is 2. The number of hydrogen-bond acceptors (Lipinski definition) is 6. The number of amides is 1. The lowest BCUT2D eigenvalue weighted by atomic mass is 10.2. The van der Waals surface area contributed by atoms with Crippen molar-refractivity contribution < 1.29 is 9.53 Å². The van der Waals surface area contributed by atoms with Crippen molar-refractivity contribution in [3.05, 3.63) is 46.6 Å². The first-order valence-electron chi connectivity index (χ1n) is 8.37. The van der Waals surface area contributed by atoms with Gasteiger partial charge in [0.25, 0.3) is 0 Å². The van der Waals surface area contributed by atoms with Gasteiger partial charge in [-0.25, -0.2) is 9.97 Å². The number of nitrogens with one attached hydrogen (secondary N) is 2. The Hall–Kier alpha value is -2.67. The summed E-state index contributed by atoms with van der Waals surface area (Å²) in [5.74, 6) is 1.37. The maximum Gasteiger partial charge on any atom is 0.242 e. The van der Waals surface area contributed by atoms with Crippen molar-refractivity contribution in [2.45, 2.75) is 33.4 Å². The number of thiophene rings is 1. The zero-order valence-electron chi connectivity index (χ0n) is 15.3. The zero-order valence-corrected chi connectivity index (χ0v) is 16.1. The van der Waals surface area contributed by atoms with Crippen LogP contribution >= 0.6 is 11.3 Å². The molecule has 0 bridgehead atoms. The first kappa shape index (κ1) is 18.1. The number of carbonyl (C=O) groups excluding carboxylic acids is 1. The van der Waals surface area contributed by atoms with Crippen LogP contribution in [0.15, 0.2) is 30.6 Å². The summed E-state index contributed by atoms with van der Waals surface area (Å²) < 4.78 is 5.20. The highest BCUT2D eigenvalue weighted by Crippen LogP contribution is 2.32. The highest BCUT2D eigenvalue weighted by atomic mass is 32.1. The molecule has 6 nitrogen and oxygen atoms in total. The summed E-state index contributed by atoms with van der Waals surface area (Å²) in [5.41, 5.74) is 2.13. The molecule has 1 amide bonds. The number of anilines is 1. The number of benzene rings is 1. The fourth-order valence-corrected chi connectivity index (χ4v) is 3.68. The van der Waals surface area contributed by atoms with Gasteiger partial charge in [-0.05, 0) is 44.0 Å². The molecular weight excluding hydrogens is 348 g/mol. The average molecular weight is 370 g/mol. The van der Waals surface area contributed by atoms with Crippen molar-refractivity contribution in [2.24, 2.45) is 0 Å². The highest BCUT2D eigenvalue weighted by molar-refractivity contribution is 7.18. The maximum atomic E-state index is 12.5. The molecule has 3 rings (SSSR count). The van der Waals surface area contributed by atoms with E-state index in [0.717, 1.165) is 27.1 Å². The molecule has 0 aliphatic carbocycles. The van der Waals surface area contributed by atoms with Gasteiger partial charge in [-0.1, -0.05) is 12.1 Å². The van der Waals surface area contributed by atoms with Gasteiger partial charge < -0.3 is 15.4 Å². The molecule has 0 unspecified atom stereocenters. The lowest BCUT2D eigenvalue weighted by Crippen LogP contribution is -2.37. The van der Waals surface area contributed by atoms with Gasteiger partial charge in [0.1, 0.15) is 28.8 Å². The molecule has 0 saturated heterocycles. The highest BCUT2D eigenvalue weighted by Gasteiger charge is 2.17. The van der Waals surface area contributed by atoms with Crippen LogP contribution in [0.25, 0.3) is 10.2 Å². The Labute approximate surface area is 156 Å². The van der Waals surface area contributed by atoms with Gasteiger partial charge in [0.05, 0.1) is 12.5 Å². The number of ether oxygens (including phenoxy) is 1. The standard InChI is InChI=1S/C19H22N4O2S/c1-11-13(3)26-19-16(11)17(21-10-22-19)23-12(2)18(24)20-9-14-6-5-7-15(8-14)25-4/h5-8,10,12H,9H2,1-4H3,(H,20,24)(H,21,22,23)/t12-/m0/s1. The van der Waals surface area contributed by atoms with E-state index >= 15 is 0 Å². The van der Waals surface area contributed by atoms with E-state index in [0.29, 0.717) is 12.4 Å². The smallest absolute Gasteiger partial charge is 0.242 e. The molecule has 0 radical (unpaired) electrons. The van der Waals surface area contributed by atoms with E-state index < -0.39 is 6.04 Å². The van der Waals surface area contributed by atoms with Gasteiger partial charge in [0.2, 0.25) is 5.91 Å². The number of nitrogens with zero attached hydrogens (tertiary/aromatic N) is 2. The molecule has 2 heterocycles. The van der Waals surface area contributed by atoms with Crippen LogP contribution in [0.5, 0.6) is 5.75 Å². The molecule has 2 N–H and O–H groups in total. The van der Waals surface area contributed by atoms with Gasteiger partial charge in [0.15, 0.2) is 0 Å². The lowest BCUT2D eigenvalue weighted by Gasteiger charge is -2.15. The maximum absolute atomic E-state index is 12.5. The topological polar surface area (TPSA) is 76.1 Å². The van der Waals surface area contributed by atoms with E-state index in [2.05, 4.69) is 34.4 Å². The molecular formula is C19H22N4O2S. The molecule has 3 aromatic rings. The summed E-state index contributed by atoms with van der Waals surface area (Å²) >= 11 is 1.64. The van der Waals surface area contributed by atoms with Crippen molar-refractivity contribution in [2.75, 3.05) is 12.4 Å². The lowest BCUT2D eigenvalue weighted by molar-refractivity contribution is -0.121. The summed E-state index contributed by atoms with van der Waals surface area (Å²) in [7, 11) is 1.63. The molecule has 0 saturated carbocycles. The van der Waals surface area contributed by atoms with Gasteiger partial charge in [-0.15, -0.1) is 11.3 Å². The second-order valence-electron chi connectivity index (χ2n) is 6.12. The molecule has 0 aliphatic heterocycles. The van der Waals surface area contributed by atoms with E-state index in [1.54, 1.807) is 18.4 Å². The van der Waals surface area contributed by atoms with E-state index in [1.807, 2.05) is 31.2 Å². The fourth-order valence-electron chi connectivity index (χ4n) is 2.69. The monoisotopic (exact) mass is 370 g/mol. The van der Waals surface area contributed by atoms with Crippen LogP contribution < -0.4 is 15.4 Å². The number of fused-ring (bicyclic) bond motifs is 1. The molecule has 1 atom stereocenters. The van der Waals surface area contributed by atoms with Crippen LogP contribution in [0.4, 0.5) is 5.82 Å². The average Bonchev–Trinajstić information content (AvgIpc) is 2.94. The predicted molar refractivity (Wildman–Crippen MR) is 105 cm³/mol. The van der Waals surface area contributed by atoms with E-state index in [1.165, 1.54) is 11.2 Å². The van der Waals surface area contributed by atoms with Gasteiger partial charge in [0, 0.05) is 11.4 Å². The van der Waals surface area contributed by atoms with Crippen LogP contribution in [0.3, 0.4) is 0 Å². The van der Waals surface area contributed by atoms with E-state index in [-0.39, 0.29) is 5.91 Å².